The first kappa shape index (κ1) is 18.9. The molecule has 2 heterocycles. The first-order valence-electron chi connectivity index (χ1n) is 9.71. The molecule has 1 fully saturated rings. The number of carbonyl (C=O) groups is 2. The lowest BCUT2D eigenvalue weighted by Crippen LogP contribution is -2.14. The number of amides is 2. The van der Waals surface area contributed by atoms with Gasteiger partial charge in [-0.15, -0.1) is 0 Å². The van der Waals surface area contributed by atoms with Gasteiger partial charge in [-0.25, -0.2) is 9.97 Å². The number of nitrogens with zero attached hydrogens (tertiary/aromatic N) is 3. The highest BCUT2D eigenvalue weighted by Gasteiger charge is 2.25. The number of pyridine rings is 1. The lowest BCUT2D eigenvalue weighted by molar-refractivity contribution is -0.116. The Balaban J connectivity index is 1.50. The summed E-state index contributed by atoms with van der Waals surface area (Å²) in [6, 6.07) is 7.33. The second kappa shape index (κ2) is 7.90. The molecule has 2 amide bonds. The van der Waals surface area contributed by atoms with Crippen molar-refractivity contribution >= 4 is 34.4 Å². The maximum absolute atomic E-state index is 12.7. The van der Waals surface area contributed by atoms with Gasteiger partial charge in [0.05, 0.1) is 24.7 Å². The Morgan fingerprint density at radius 2 is 2.03 bits per heavy atom. The molecule has 2 N–H and O–H groups in total. The number of rotatable bonds is 7. The molecule has 8 nitrogen and oxygen atoms in total. The van der Waals surface area contributed by atoms with Gasteiger partial charge < -0.3 is 19.9 Å². The fourth-order valence-corrected chi connectivity index (χ4v) is 3.18. The summed E-state index contributed by atoms with van der Waals surface area (Å²) < 4.78 is 7.41. The highest BCUT2D eigenvalue weighted by molar-refractivity contribution is 6.05. The van der Waals surface area contributed by atoms with E-state index < -0.39 is 0 Å². The van der Waals surface area contributed by atoms with Crippen molar-refractivity contribution in [2.24, 2.45) is 0 Å². The summed E-state index contributed by atoms with van der Waals surface area (Å²) in [7, 11) is 1.52. The van der Waals surface area contributed by atoms with Crippen LogP contribution >= 0.6 is 0 Å². The number of hydrogen-bond acceptors (Lipinski definition) is 5. The normalized spacial score (nSPS) is 13.3. The molecule has 0 radical (unpaired) electrons. The zero-order valence-electron chi connectivity index (χ0n) is 16.4. The number of aromatic nitrogens is 3. The minimum absolute atomic E-state index is 0.0763. The molecule has 1 saturated carbocycles. The Hall–Kier alpha value is -3.42. The SMILES string of the molecule is CCCC(=O)Nc1ccc(NC(=O)c2cnc3c(c2)ncn3C2CC2)cc1OC. The maximum atomic E-state index is 12.7. The van der Waals surface area contributed by atoms with Crippen LogP contribution in [-0.4, -0.2) is 33.5 Å². The van der Waals surface area contributed by atoms with E-state index in [1.165, 1.54) is 7.11 Å². The molecule has 0 bridgehead atoms. The molecule has 0 saturated heterocycles. The van der Waals surface area contributed by atoms with Crippen LogP contribution in [0.3, 0.4) is 0 Å². The van der Waals surface area contributed by atoms with Crippen LogP contribution in [0.25, 0.3) is 11.2 Å². The first-order valence-corrected chi connectivity index (χ1v) is 9.71. The Bertz CT molecular complexity index is 1070. The quantitative estimate of drug-likeness (QED) is 0.637. The van der Waals surface area contributed by atoms with Gasteiger partial charge in [-0.3, -0.25) is 9.59 Å². The highest BCUT2D eigenvalue weighted by Crippen LogP contribution is 2.36. The number of anilines is 2. The number of fused-ring (bicyclic) bond motifs is 1. The van der Waals surface area contributed by atoms with Gasteiger partial charge in [-0.2, -0.15) is 0 Å². The highest BCUT2D eigenvalue weighted by atomic mass is 16.5. The van der Waals surface area contributed by atoms with Crippen LogP contribution in [-0.2, 0) is 4.79 Å². The van der Waals surface area contributed by atoms with Gasteiger partial charge in [-0.05, 0) is 37.5 Å². The zero-order valence-corrected chi connectivity index (χ0v) is 16.4. The average Bonchev–Trinajstić information content (AvgIpc) is 3.47. The van der Waals surface area contributed by atoms with Crippen LogP contribution in [0.5, 0.6) is 5.75 Å². The summed E-state index contributed by atoms with van der Waals surface area (Å²) in [6.45, 7) is 1.94. The van der Waals surface area contributed by atoms with Crippen molar-refractivity contribution < 1.29 is 14.3 Å². The number of hydrogen-bond donors (Lipinski definition) is 2. The predicted octanol–water partition coefficient (Wildman–Crippen LogP) is 3.77. The molecule has 0 atom stereocenters. The van der Waals surface area contributed by atoms with E-state index in [4.69, 9.17) is 4.74 Å². The molecule has 150 valence electrons. The van der Waals surface area contributed by atoms with Crippen molar-refractivity contribution in [3.63, 3.8) is 0 Å². The van der Waals surface area contributed by atoms with Crippen molar-refractivity contribution in [2.75, 3.05) is 17.7 Å². The maximum Gasteiger partial charge on any atom is 0.257 e. The Kier molecular flexibility index (Phi) is 5.16. The van der Waals surface area contributed by atoms with Gasteiger partial charge in [-0.1, -0.05) is 6.92 Å². The van der Waals surface area contributed by atoms with E-state index in [-0.39, 0.29) is 11.8 Å². The third kappa shape index (κ3) is 4.06. The van der Waals surface area contributed by atoms with Crippen LogP contribution in [0, 0.1) is 0 Å². The minimum Gasteiger partial charge on any atom is -0.494 e. The summed E-state index contributed by atoms with van der Waals surface area (Å²) in [5.41, 5.74) is 3.06. The Morgan fingerprint density at radius 1 is 1.21 bits per heavy atom. The molecule has 0 unspecified atom stereocenters. The largest absolute Gasteiger partial charge is 0.494 e. The van der Waals surface area contributed by atoms with Gasteiger partial charge in [0.25, 0.3) is 5.91 Å². The van der Waals surface area contributed by atoms with Crippen LogP contribution < -0.4 is 15.4 Å². The molecule has 2 aromatic heterocycles. The topological polar surface area (TPSA) is 98.1 Å². The Labute approximate surface area is 168 Å². The molecule has 4 rings (SSSR count). The van der Waals surface area contributed by atoms with Crippen LogP contribution in [0.1, 0.15) is 49.0 Å². The number of nitrogens with one attached hydrogen (secondary N) is 2. The van der Waals surface area contributed by atoms with Crippen molar-refractivity contribution in [1.82, 2.24) is 14.5 Å². The second-order valence-electron chi connectivity index (χ2n) is 7.12. The first-order chi connectivity index (χ1) is 14.1. The van der Waals surface area contributed by atoms with E-state index >= 15 is 0 Å². The number of benzene rings is 1. The summed E-state index contributed by atoms with van der Waals surface area (Å²) in [5, 5.41) is 5.65. The number of imidazole rings is 1. The molecular formula is C21H23N5O3. The van der Waals surface area contributed by atoms with E-state index in [1.807, 2.05) is 6.92 Å². The van der Waals surface area contributed by atoms with E-state index in [9.17, 15) is 9.59 Å². The van der Waals surface area contributed by atoms with Gasteiger partial charge in [0.2, 0.25) is 5.91 Å². The molecule has 1 aliphatic rings. The molecule has 0 aliphatic heterocycles. The monoisotopic (exact) mass is 393 g/mol. The van der Waals surface area contributed by atoms with Gasteiger partial charge in [0.15, 0.2) is 5.65 Å². The molecule has 1 aromatic carbocycles. The van der Waals surface area contributed by atoms with Crippen LogP contribution in [0.4, 0.5) is 11.4 Å². The molecular weight excluding hydrogens is 370 g/mol. The van der Waals surface area contributed by atoms with Crippen LogP contribution in [0.15, 0.2) is 36.8 Å². The standard InChI is InChI=1S/C21H23N5O3/c1-3-4-19(27)25-16-8-5-14(10-18(16)29-2)24-21(28)13-9-17-20(22-11-13)26(12-23-17)15-6-7-15/h5,8-12,15H,3-4,6-7H2,1-2H3,(H,24,28)(H,25,27). The number of carbonyl (C=O) groups excluding carboxylic acids is 2. The van der Waals surface area contributed by atoms with Gasteiger partial charge >= 0.3 is 0 Å². The number of methoxy groups -OCH3 is 1. The van der Waals surface area contributed by atoms with Crippen molar-refractivity contribution in [1.29, 1.82) is 0 Å². The van der Waals surface area contributed by atoms with Gasteiger partial charge in [0, 0.05) is 30.4 Å². The lowest BCUT2D eigenvalue weighted by Gasteiger charge is -2.12. The summed E-state index contributed by atoms with van der Waals surface area (Å²) in [4.78, 5) is 33.3. The lowest BCUT2D eigenvalue weighted by atomic mass is 10.2. The second-order valence-corrected chi connectivity index (χ2v) is 7.12. The molecule has 3 aromatic rings. The molecule has 0 spiro atoms. The zero-order chi connectivity index (χ0) is 20.4. The molecule has 1 aliphatic carbocycles. The van der Waals surface area contributed by atoms with E-state index in [0.717, 1.165) is 24.9 Å². The number of ether oxygens (including phenoxy) is 1. The third-order valence-corrected chi connectivity index (χ3v) is 4.83. The molecule has 29 heavy (non-hydrogen) atoms. The average molecular weight is 393 g/mol. The fourth-order valence-electron chi connectivity index (χ4n) is 3.18. The fraction of sp³-hybridized carbons (Fsp3) is 0.333. The van der Waals surface area contributed by atoms with E-state index in [0.29, 0.717) is 40.7 Å². The van der Waals surface area contributed by atoms with Gasteiger partial charge in [0.1, 0.15) is 11.3 Å². The van der Waals surface area contributed by atoms with Crippen molar-refractivity contribution in [3.8, 4) is 5.75 Å². The van der Waals surface area contributed by atoms with E-state index in [1.54, 1.807) is 36.8 Å². The summed E-state index contributed by atoms with van der Waals surface area (Å²) in [6.07, 6.45) is 6.84. The van der Waals surface area contributed by atoms with Crippen LogP contribution in [0.2, 0.25) is 0 Å². The minimum atomic E-state index is -0.287. The van der Waals surface area contributed by atoms with E-state index in [2.05, 4.69) is 25.2 Å². The smallest absolute Gasteiger partial charge is 0.257 e. The molecule has 8 heteroatoms. The summed E-state index contributed by atoms with van der Waals surface area (Å²) in [5.74, 6) is 0.113. The Morgan fingerprint density at radius 3 is 2.76 bits per heavy atom. The summed E-state index contributed by atoms with van der Waals surface area (Å²) >= 11 is 0. The van der Waals surface area contributed by atoms with Crippen molar-refractivity contribution in [3.05, 3.63) is 42.4 Å². The third-order valence-electron chi connectivity index (χ3n) is 4.83. The predicted molar refractivity (Wildman–Crippen MR) is 110 cm³/mol. The van der Waals surface area contributed by atoms with Crippen molar-refractivity contribution in [2.45, 2.75) is 38.6 Å².